The largest absolute Gasteiger partial charge is 0.336 e. The van der Waals surface area contributed by atoms with Gasteiger partial charge in [-0.3, -0.25) is 19.3 Å². The predicted molar refractivity (Wildman–Crippen MR) is 92.7 cm³/mol. The normalized spacial score (nSPS) is 19.5. The molecule has 0 aliphatic carbocycles. The van der Waals surface area contributed by atoms with Gasteiger partial charge in [0, 0.05) is 23.7 Å². The Morgan fingerprint density at radius 1 is 1.00 bits per heavy atom. The summed E-state index contributed by atoms with van der Waals surface area (Å²) in [6, 6.07) is 13.3. The number of hydrogen-bond acceptors (Lipinski definition) is 3. The molecule has 0 N–H and O–H groups in total. The molecule has 2 aliphatic rings. The van der Waals surface area contributed by atoms with Gasteiger partial charge in [-0.1, -0.05) is 29.8 Å². The fourth-order valence-electron chi connectivity index (χ4n) is 3.48. The van der Waals surface area contributed by atoms with E-state index in [2.05, 4.69) is 0 Å². The highest BCUT2D eigenvalue weighted by Gasteiger charge is 2.42. The lowest BCUT2D eigenvalue weighted by atomic mass is 10.1. The van der Waals surface area contributed by atoms with Crippen LogP contribution in [-0.4, -0.2) is 46.7 Å². The van der Waals surface area contributed by atoms with E-state index in [0.29, 0.717) is 41.2 Å². The minimum absolute atomic E-state index is 0.137. The summed E-state index contributed by atoms with van der Waals surface area (Å²) in [4.78, 5) is 40.7. The maximum atomic E-state index is 12.6. The first-order valence-electron chi connectivity index (χ1n) is 8.08. The van der Waals surface area contributed by atoms with Crippen LogP contribution >= 0.6 is 11.6 Å². The highest BCUT2D eigenvalue weighted by Crippen LogP contribution is 2.28. The molecule has 0 spiro atoms. The molecule has 5 nitrogen and oxygen atoms in total. The molecule has 4 rings (SSSR count). The lowest BCUT2D eigenvalue weighted by molar-refractivity contribution is 0.0574. The first-order chi connectivity index (χ1) is 12.1. The first kappa shape index (κ1) is 15.8. The molecule has 2 aromatic rings. The van der Waals surface area contributed by atoms with Gasteiger partial charge in [0.1, 0.15) is 0 Å². The van der Waals surface area contributed by atoms with Crippen molar-refractivity contribution < 1.29 is 14.4 Å². The average molecular weight is 355 g/mol. The highest BCUT2D eigenvalue weighted by atomic mass is 35.5. The van der Waals surface area contributed by atoms with Crippen molar-refractivity contribution in [3.63, 3.8) is 0 Å². The standard InChI is InChI=1S/C19H15ClN2O3/c20-13-5-3-4-12(10-13)17(23)21-9-8-14(11-21)22-18(24)15-6-1-2-7-16(15)19(22)25/h1-7,10,14H,8-9,11H2. The molecule has 2 aromatic carbocycles. The molecule has 25 heavy (non-hydrogen) atoms. The van der Waals surface area contributed by atoms with E-state index >= 15 is 0 Å². The zero-order valence-electron chi connectivity index (χ0n) is 13.3. The van der Waals surface area contributed by atoms with Crippen LogP contribution in [0.2, 0.25) is 5.02 Å². The van der Waals surface area contributed by atoms with Gasteiger partial charge in [0.25, 0.3) is 17.7 Å². The Bertz CT molecular complexity index is 861. The lowest BCUT2D eigenvalue weighted by Crippen LogP contribution is -2.42. The van der Waals surface area contributed by atoms with Crippen LogP contribution in [0.25, 0.3) is 0 Å². The van der Waals surface area contributed by atoms with Crippen molar-refractivity contribution in [3.8, 4) is 0 Å². The molecule has 6 heteroatoms. The second kappa shape index (κ2) is 6.01. The molecule has 3 amide bonds. The molecule has 0 bridgehead atoms. The maximum absolute atomic E-state index is 12.6. The molecule has 1 saturated heterocycles. The molecule has 1 fully saturated rings. The fourth-order valence-corrected chi connectivity index (χ4v) is 3.67. The van der Waals surface area contributed by atoms with Gasteiger partial charge >= 0.3 is 0 Å². The number of likely N-dealkylation sites (tertiary alicyclic amines) is 1. The molecule has 126 valence electrons. The van der Waals surface area contributed by atoms with E-state index in [1.54, 1.807) is 53.4 Å². The van der Waals surface area contributed by atoms with Crippen molar-refractivity contribution in [2.45, 2.75) is 12.5 Å². The summed E-state index contributed by atoms with van der Waals surface area (Å²) in [6.07, 6.45) is 0.581. The van der Waals surface area contributed by atoms with E-state index in [4.69, 9.17) is 11.6 Å². The Hall–Kier alpha value is -2.66. The van der Waals surface area contributed by atoms with Gasteiger partial charge in [-0.05, 0) is 36.8 Å². The topological polar surface area (TPSA) is 57.7 Å². The zero-order chi connectivity index (χ0) is 17.6. The minimum atomic E-state index is -0.296. The van der Waals surface area contributed by atoms with Crippen LogP contribution in [-0.2, 0) is 0 Å². The van der Waals surface area contributed by atoms with Gasteiger partial charge in [0.05, 0.1) is 17.2 Å². The van der Waals surface area contributed by atoms with E-state index in [0.717, 1.165) is 0 Å². The van der Waals surface area contributed by atoms with Gasteiger partial charge in [-0.15, -0.1) is 0 Å². The number of carbonyl (C=O) groups excluding carboxylic acids is 3. The van der Waals surface area contributed by atoms with Crippen molar-refractivity contribution in [2.75, 3.05) is 13.1 Å². The van der Waals surface area contributed by atoms with Crippen LogP contribution in [0.15, 0.2) is 48.5 Å². The predicted octanol–water partition coefficient (Wildman–Crippen LogP) is 2.85. The van der Waals surface area contributed by atoms with Crippen molar-refractivity contribution in [3.05, 3.63) is 70.2 Å². The van der Waals surface area contributed by atoms with Gasteiger partial charge in [0.15, 0.2) is 0 Å². The fraction of sp³-hybridized carbons (Fsp3) is 0.211. The number of benzene rings is 2. The van der Waals surface area contributed by atoms with E-state index in [9.17, 15) is 14.4 Å². The Labute approximate surface area is 149 Å². The van der Waals surface area contributed by atoms with Crippen molar-refractivity contribution in [2.24, 2.45) is 0 Å². The molecule has 2 heterocycles. The Morgan fingerprint density at radius 3 is 2.32 bits per heavy atom. The summed E-state index contributed by atoms with van der Waals surface area (Å²) < 4.78 is 0. The molecule has 0 aromatic heterocycles. The third-order valence-electron chi connectivity index (χ3n) is 4.71. The second-order valence-electron chi connectivity index (χ2n) is 6.23. The van der Waals surface area contributed by atoms with Gasteiger partial charge < -0.3 is 4.90 Å². The van der Waals surface area contributed by atoms with Crippen molar-refractivity contribution in [1.29, 1.82) is 0 Å². The first-order valence-corrected chi connectivity index (χ1v) is 8.46. The molecule has 1 unspecified atom stereocenters. The van der Waals surface area contributed by atoms with Crippen LogP contribution in [0.1, 0.15) is 37.5 Å². The van der Waals surface area contributed by atoms with Crippen LogP contribution in [0.5, 0.6) is 0 Å². The molecular formula is C19H15ClN2O3. The highest BCUT2D eigenvalue weighted by molar-refractivity contribution is 6.31. The summed E-state index contributed by atoms with van der Waals surface area (Å²) >= 11 is 5.95. The molecule has 2 aliphatic heterocycles. The smallest absolute Gasteiger partial charge is 0.261 e. The van der Waals surface area contributed by atoms with Crippen LogP contribution in [0.4, 0.5) is 0 Å². The van der Waals surface area contributed by atoms with Crippen molar-refractivity contribution in [1.82, 2.24) is 9.80 Å². The summed E-state index contributed by atoms with van der Waals surface area (Å²) in [5, 5.41) is 0.502. The van der Waals surface area contributed by atoms with Crippen LogP contribution in [0.3, 0.4) is 0 Å². The monoisotopic (exact) mass is 354 g/mol. The van der Waals surface area contributed by atoms with E-state index in [1.165, 1.54) is 4.90 Å². The number of fused-ring (bicyclic) bond motifs is 1. The van der Waals surface area contributed by atoms with Gasteiger partial charge in [-0.2, -0.15) is 0 Å². The third-order valence-corrected chi connectivity index (χ3v) is 4.95. The number of hydrogen-bond donors (Lipinski definition) is 0. The number of halogens is 1. The van der Waals surface area contributed by atoms with E-state index < -0.39 is 0 Å². The van der Waals surface area contributed by atoms with Gasteiger partial charge in [-0.25, -0.2) is 0 Å². The average Bonchev–Trinajstić information content (AvgIpc) is 3.19. The number of amides is 3. The van der Waals surface area contributed by atoms with Crippen LogP contribution < -0.4 is 0 Å². The number of carbonyl (C=O) groups is 3. The Balaban J connectivity index is 1.53. The van der Waals surface area contributed by atoms with E-state index in [1.807, 2.05) is 0 Å². The number of rotatable bonds is 2. The molecule has 0 saturated carbocycles. The van der Waals surface area contributed by atoms with Crippen molar-refractivity contribution >= 4 is 29.3 Å². The number of nitrogens with zero attached hydrogens (tertiary/aromatic N) is 2. The zero-order valence-corrected chi connectivity index (χ0v) is 14.1. The summed E-state index contributed by atoms with van der Waals surface area (Å²) in [5.41, 5.74) is 1.38. The molecule has 1 atom stereocenters. The maximum Gasteiger partial charge on any atom is 0.261 e. The summed E-state index contributed by atoms with van der Waals surface area (Å²) in [6.45, 7) is 0.847. The summed E-state index contributed by atoms with van der Waals surface area (Å²) in [7, 11) is 0. The lowest BCUT2D eigenvalue weighted by Gasteiger charge is -2.22. The molecular weight excluding hydrogens is 340 g/mol. The SMILES string of the molecule is O=C(c1cccc(Cl)c1)N1CCC(N2C(=O)c3ccccc3C2=O)C1. The Kier molecular flexibility index (Phi) is 3.81. The second-order valence-corrected chi connectivity index (χ2v) is 6.67. The third kappa shape index (κ3) is 2.61. The Morgan fingerprint density at radius 2 is 1.68 bits per heavy atom. The van der Waals surface area contributed by atoms with E-state index in [-0.39, 0.29) is 23.8 Å². The summed E-state index contributed by atoms with van der Waals surface area (Å²) in [5.74, 6) is -0.688. The number of imide groups is 1. The van der Waals surface area contributed by atoms with Gasteiger partial charge in [0.2, 0.25) is 0 Å². The quantitative estimate of drug-likeness (QED) is 0.779. The van der Waals surface area contributed by atoms with Crippen LogP contribution in [0, 0.1) is 0 Å². The molecule has 0 radical (unpaired) electrons. The minimum Gasteiger partial charge on any atom is -0.336 e.